The minimum absolute atomic E-state index is 0.202. The maximum Gasteiger partial charge on any atom is 0.160 e. The van der Waals surface area contributed by atoms with Crippen molar-refractivity contribution in [2.24, 2.45) is 0 Å². The quantitative estimate of drug-likeness (QED) is 0.719. The summed E-state index contributed by atoms with van der Waals surface area (Å²) in [6, 6.07) is 11.8. The molecule has 1 aliphatic rings. The number of piperidine rings is 1. The largest absolute Gasteiger partial charge is 0.507 e. The molecule has 146 valence electrons. The molecule has 6 heteroatoms. The van der Waals surface area contributed by atoms with Gasteiger partial charge in [0, 0.05) is 23.5 Å². The van der Waals surface area contributed by atoms with Crippen molar-refractivity contribution in [3.8, 4) is 22.8 Å². The zero-order chi connectivity index (χ0) is 19.7. The zero-order valence-electron chi connectivity index (χ0n) is 16.6. The summed E-state index contributed by atoms with van der Waals surface area (Å²) in [7, 11) is 3.80. The first-order valence-corrected chi connectivity index (χ1v) is 9.65. The van der Waals surface area contributed by atoms with Gasteiger partial charge in [0.15, 0.2) is 5.82 Å². The number of phenols is 1. The van der Waals surface area contributed by atoms with Crippen molar-refractivity contribution in [1.82, 2.24) is 15.1 Å². The van der Waals surface area contributed by atoms with E-state index in [2.05, 4.69) is 27.5 Å². The summed E-state index contributed by atoms with van der Waals surface area (Å²) >= 11 is 0. The summed E-state index contributed by atoms with van der Waals surface area (Å²) in [5.74, 6) is 1.67. The van der Waals surface area contributed by atoms with Gasteiger partial charge in [0.05, 0.1) is 12.5 Å². The third-order valence-corrected chi connectivity index (χ3v) is 5.36. The van der Waals surface area contributed by atoms with Gasteiger partial charge in [-0.25, -0.2) is 0 Å². The van der Waals surface area contributed by atoms with Crippen LogP contribution in [0.2, 0.25) is 0 Å². The molecule has 1 aliphatic heterocycles. The summed E-state index contributed by atoms with van der Waals surface area (Å²) in [4.78, 5) is 2.33. The summed E-state index contributed by atoms with van der Waals surface area (Å²) in [6.45, 7) is 4.04. The van der Waals surface area contributed by atoms with E-state index >= 15 is 0 Å². The Hall–Kier alpha value is -2.86. The first-order chi connectivity index (χ1) is 13.6. The van der Waals surface area contributed by atoms with E-state index in [0.29, 0.717) is 17.3 Å². The number of phenolic OH excluding ortho intramolecular Hbond substituents is 1. The van der Waals surface area contributed by atoms with Gasteiger partial charge in [-0.05, 0) is 57.1 Å². The summed E-state index contributed by atoms with van der Waals surface area (Å²) in [6.07, 6.45) is 2.26. The number of fused-ring (bicyclic) bond motifs is 1. The van der Waals surface area contributed by atoms with Gasteiger partial charge in [-0.3, -0.25) is 0 Å². The van der Waals surface area contributed by atoms with Crippen LogP contribution in [0.15, 0.2) is 36.4 Å². The van der Waals surface area contributed by atoms with Crippen molar-refractivity contribution in [3.63, 3.8) is 0 Å². The summed E-state index contributed by atoms with van der Waals surface area (Å²) < 4.78 is 5.64. The van der Waals surface area contributed by atoms with Gasteiger partial charge in [0.25, 0.3) is 0 Å². The van der Waals surface area contributed by atoms with Crippen LogP contribution >= 0.6 is 0 Å². The Labute approximate surface area is 165 Å². The van der Waals surface area contributed by atoms with Gasteiger partial charge >= 0.3 is 0 Å². The van der Waals surface area contributed by atoms with Gasteiger partial charge in [-0.2, -0.15) is 0 Å². The Bertz CT molecular complexity index is 1010. The van der Waals surface area contributed by atoms with E-state index in [-0.39, 0.29) is 5.75 Å². The smallest absolute Gasteiger partial charge is 0.160 e. The van der Waals surface area contributed by atoms with E-state index in [9.17, 15) is 5.11 Å². The topological polar surface area (TPSA) is 70.5 Å². The van der Waals surface area contributed by atoms with Gasteiger partial charge in [0.1, 0.15) is 17.2 Å². The van der Waals surface area contributed by atoms with Crippen molar-refractivity contribution in [2.45, 2.75) is 25.8 Å². The minimum Gasteiger partial charge on any atom is -0.507 e. The summed E-state index contributed by atoms with van der Waals surface area (Å²) in [5, 5.41) is 24.8. The molecule has 0 saturated carbocycles. The van der Waals surface area contributed by atoms with Gasteiger partial charge < -0.3 is 20.1 Å². The molecule has 3 aromatic rings. The molecule has 2 aromatic carbocycles. The SMILES string of the molecule is COc1cccc2c(-c3ccc(C)cc3O)nnc(N[C@@H]3CCCN(C)C3)c12. The highest BCUT2D eigenvalue weighted by molar-refractivity contribution is 6.04. The van der Waals surface area contributed by atoms with E-state index in [4.69, 9.17) is 4.74 Å². The number of likely N-dealkylation sites (tertiary alicyclic amines) is 1. The van der Waals surface area contributed by atoms with Crippen LogP contribution < -0.4 is 10.1 Å². The van der Waals surface area contributed by atoms with Crippen LogP contribution in [-0.4, -0.2) is 53.5 Å². The van der Waals surface area contributed by atoms with Crippen LogP contribution in [0, 0.1) is 6.92 Å². The Morgan fingerprint density at radius 1 is 1.21 bits per heavy atom. The number of anilines is 1. The molecule has 1 aromatic heterocycles. The standard InChI is InChI=1S/C22H26N4O2/c1-14-9-10-16(18(27)12-14)21-17-7-4-8-19(28-3)20(17)22(25-24-21)23-15-6-5-11-26(2)13-15/h4,7-10,12,15,27H,5-6,11,13H2,1-3H3,(H,23,25)/t15-/m1/s1. The van der Waals surface area contributed by atoms with Crippen molar-refractivity contribution in [1.29, 1.82) is 0 Å². The normalized spacial score (nSPS) is 17.6. The van der Waals surface area contributed by atoms with Crippen LogP contribution in [0.25, 0.3) is 22.0 Å². The third kappa shape index (κ3) is 3.47. The Kier molecular flexibility index (Phi) is 5.05. The van der Waals surface area contributed by atoms with Crippen molar-refractivity contribution >= 4 is 16.6 Å². The highest BCUT2D eigenvalue weighted by atomic mass is 16.5. The van der Waals surface area contributed by atoms with Crippen LogP contribution in [-0.2, 0) is 0 Å². The van der Waals surface area contributed by atoms with Crippen LogP contribution in [0.1, 0.15) is 18.4 Å². The Balaban J connectivity index is 1.84. The van der Waals surface area contributed by atoms with Crippen LogP contribution in [0.4, 0.5) is 5.82 Å². The number of aryl methyl sites for hydroxylation is 1. The molecule has 0 spiro atoms. The molecule has 2 N–H and O–H groups in total. The average Bonchev–Trinajstić information content (AvgIpc) is 2.68. The number of ether oxygens (including phenoxy) is 1. The first kappa shape index (κ1) is 18.5. The lowest BCUT2D eigenvalue weighted by Crippen LogP contribution is -2.40. The molecule has 28 heavy (non-hydrogen) atoms. The fourth-order valence-corrected chi connectivity index (χ4v) is 3.97. The second-order valence-corrected chi connectivity index (χ2v) is 7.55. The van der Waals surface area contributed by atoms with E-state index in [1.54, 1.807) is 13.2 Å². The molecule has 6 nitrogen and oxygen atoms in total. The molecule has 2 heterocycles. The number of nitrogens with one attached hydrogen (secondary N) is 1. The molecule has 0 amide bonds. The second-order valence-electron chi connectivity index (χ2n) is 7.55. The molecule has 0 aliphatic carbocycles. The Morgan fingerprint density at radius 3 is 2.82 bits per heavy atom. The molecule has 0 unspecified atom stereocenters. The van der Waals surface area contributed by atoms with Crippen molar-refractivity contribution < 1.29 is 9.84 Å². The predicted molar refractivity (Wildman–Crippen MR) is 112 cm³/mol. The Morgan fingerprint density at radius 2 is 2.07 bits per heavy atom. The fraction of sp³-hybridized carbons (Fsp3) is 0.364. The molecule has 0 radical (unpaired) electrons. The molecular formula is C22H26N4O2. The fourth-order valence-electron chi connectivity index (χ4n) is 3.97. The lowest BCUT2D eigenvalue weighted by atomic mass is 10.0. The maximum atomic E-state index is 10.5. The zero-order valence-corrected chi connectivity index (χ0v) is 16.6. The van der Waals surface area contributed by atoms with Gasteiger partial charge in [0.2, 0.25) is 0 Å². The number of aromatic hydroxyl groups is 1. The molecule has 0 bridgehead atoms. The first-order valence-electron chi connectivity index (χ1n) is 9.65. The number of benzene rings is 2. The molecule has 1 saturated heterocycles. The van der Waals surface area contributed by atoms with Gasteiger partial charge in [-0.15, -0.1) is 10.2 Å². The lowest BCUT2D eigenvalue weighted by Gasteiger charge is -2.30. The van der Waals surface area contributed by atoms with Crippen LogP contribution in [0.3, 0.4) is 0 Å². The molecule has 1 atom stereocenters. The number of hydrogen-bond donors (Lipinski definition) is 2. The number of aromatic nitrogens is 2. The number of rotatable bonds is 4. The minimum atomic E-state index is 0.202. The number of likely N-dealkylation sites (N-methyl/N-ethyl adjacent to an activating group) is 1. The average molecular weight is 378 g/mol. The van der Waals surface area contributed by atoms with Gasteiger partial charge in [-0.1, -0.05) is 18.2 Å². The van der Waals surface area contributed by atoms with Crippen molar-refractivity contribution in [2.75, 3.05) is 32.6 Å². The van der Waals surface area contributed by atoms with E-state index in [1.165, 1.54) is 0 Å². The molecule has 4 rings (SSSR count). The van der Waals surface area contributed by atoms with Crippen LogP contribution in [0.5, 0.6) is 11.5 Å². The predicted octanol–water partition coefficient (Wildman–Crippen LogP) is 3.83. The molecular weight excluding hydrogens is 352 g/mol. The van der Waals surface area contributed by atoms with E-state index < -0.39 is 0 Å². The summed E-state index contributed by atoms with van der Waals surface area (Å²) in [5.41, 5.74) is 2.31. The number of nitrogens with zero attached hydrogens (tertiary/aromatic N) is 3. The maximum absolute atomic E-state index is 10.5. The monoisotopic (exact) mass is 378 g/mol. The lowest BCUT2D eigenvalue weighted by molar-refractivity contribution is 0.261. The third-order valence-electron chi connectivity index (χ3n) is 5.36. The van der Waals surface area contributed by atoms with E-state index in [1.807, 2.05) is 37.3 Å². The highest BCUT2D eigenvalue weighted by Gasteiger charge is 2.21. The highest BCUT2D eigenvalue weighted by Crippen LogP contribution is 2.39. The van der Waals surface area contributed by atoms with E-state index in [0.717, 1.165) is 53.8 Å². The van der Waals surface area contributed by atoms with Crippen molar-refractivity contribution in [3.05, 3.63) is 42.0 Å². The number of methoxy groups -OCH3 is 1. The number of hydrogen-bond acceptors (Lipinski definition) is 6. The second kappa shape index (κ2) is 7.64. The molecule has 1 fully saturated rings.